The highest BCUT2D eigenvalue weighted by molar-refractivity contribution is 6.05. The molecule has 0 saturated carbocycles. The Morgan fingerprint density at radius 3 is 2.16 bits per heavy atom. The second-order valence-corrected chi connectivity index (χ2v) is 7.20. The van der Waals surface area contributed by atoms with Crippen LogP contribution < -0.4 is 10.6 Å². The highest BCUT2D eigenvalue weighted by Crippen LogP contribution is 2.24. The fourth-order valence-corrected chi connectivity index (χ4v) is 3.39. The van der Waals surface area contributed by atoms with Gasteiger partial charge in [0.05, 0.1) is 23.7 Å². The van der Waals surface area contributed by atoms with Gasteiger partial charge >= 0.3 is 5.97 Å². The minimum atomic E-state index is -0.390. The molecule has 0 spiro atoms. The zero-order valence-corrected chi connectivity index (χ0v) is 18.1. The fraction of sp³-hybridized carbons (Fsp3) is 0.160. The first-order valence-electron chi connectivity index (χ1n) is 10.5. The van der Waals surface area contributed by atoms with Crippen LogP contribution in [-0.4, -0.2) is 28.6 Å². The Balaban J connectivity index is 1.78. The van der Waals surface area contributed by atoms with E-state index in [1.807, 2.05) is 66.7 Å². The number of methoxy groups -OCH3 is 1. The summed E-state index contributed by atoms with van der Waals surface area (Å²) in [5.41, 5.74) is 3.87. The maximum Gasteiger partial charge on any atom is 0.337 e. The molecule has 3 aromatic carbocycles. The van der Waals surface area contributed by atoms with Crippen LogP contribution in [0.15, 0.2) is 83.9 Å². The predicted octanol–water partition coefficient (Wildman–Crippen LogP) is 5.44. The number of anilines is 2. The highest BCUT2D eigenvalue weighted by atomic mass is 16.5. The summed E-state index contributed by atoms with van der Waals surface area (Å²) in [5.74, 6) is 0.702. The van der Waals surface area contributed by atoms with E-state index in [-0.39, 0.29) is 5.97 Å². The first-order valence-corrected chi connectivity index (χ1v) is 10.5. The number of nitrogens with one attached hydrogen (secondary N) is 2. The number of fused-ring (bicyclic) bond motifs is 1. The van der Waals surface area contributed by atoms with Gasteiger partial charge in [-0.15, -0.1) is 0 Å². The molecule has 0 radical (unpaired) electrons. The van der Waals surface area contributed by atoms with Gasteiger partial charge in [-0.3, -0.25) is 0 Å². The average molecular weight is 428 g/mol. The van der Waals surface area contributed by atoms with Crippen molar-refractivity contribution in [2.24, 2.45) is 4.99 Å². The molecule has 7 nitrogen and oxygen atoms in total. The molecule has 1 heterocycles. The SMILES string of the molecule is CCCn1c(N=C(Nc2ccccc2)Nc2ccccc2)nc2cc(C(=O)OC)ccc21. The maximum absolute atomic E-state index is 12.0. The molecule has 0 amide bonds. The molecule has 0 aliphatic heterocycles. The Morgan fingerprint density at radius 2 is 1.59 bits per heavy atom. The van der Waals surface area contributed by atoms with Crippen LogP contribution in [0.5, 0.6) is 0 Å². The standard InChI is InChI=1S/C25H25N5O2/c1-3-16-30-22-15-14-18(23(31)32-2)17-21(22)28-25(30)29-24(26-19-10-6-4-7-11-19)27-20-12-8-5-9-13-20/h4-15,17H,3,16H2,1-2H3,(H2,26,27,28,29). The molecule has 0 unspecified atom stereocenters. The largest absolute Gasteiger partial charge is 0.465 e. The van der Waals surface area contributed by atoms with E-state index >= 15 is 0 Å². The summed E-state index contributed by atoms with van der Waals surface area (Å²) in [7, 11) is 1.37. The third kappa shape index (κ3) is 4.78. The van der Waals surface area contributed by atoms with Gasteiger partial charge < -0.3 is 19.9 Å². The van der Waals surface area contributed by atoms with E-state index in [2.05, 4.69) is 22.1 Å². The van der Waals surface area contributed by atoms with Gasteiger partial charge in [-0.25, -0.2) is 9.78 Å². The van der Waals surface area contributed by atoms with E-state index in [9.17, 15) is 4.79 Å². The molecule has 0 saturated heterocycles. The third-order valence-electron chi connectivity index (χ3n) is 4.88. The summed E-state index contributed by atoms with van der Waals surface area (Å²) >= 11 is 0. The molecular weight excluding hydrogens is 402 g/mol. The smallest absolute Gasteiger partial charge is 0.337 e. The quantitative estimate of drug-likeness (QED) is 0.243. The molecule has 0 bridgehead atoms. The number of aliphatic imine (C=N–C) groups is 1. The topological polar surface area (TPSA) is 80.5 Å². The number of para-hydroxylation sites is 2. The Labute approximate surface area is 186 Å². The van der Waals surface area contributed by atoms with Gasteiger partial charge in [0.25, 0.3) is 0 Å². The summed E-state index contributed by atoms with van der Waals surface area (Å²) in [6.45, 7) is 2.85. The first kappa shape index (κ1) is 21.1. The molecule has 0 aliphatic rings. The number of nitrogens with zero attached hydrogens (tertiary/aromatic N) is 3. The van der Waals surface area contributed by atoms with Gasteiger partial charge in [0.1, 0.15) is 0 Å². The number of hydrogen-bond donors (Lipinski definition) is 2. The molecule has 2 N–H and O–H groups in total. The van der Waals surface area contributed by atoms with Gasteiger partial charge in [-0.05, 0) is 48.9 Å². The molecule has 1 aromatic heterocycles. The summed E-state index contributed by atoms with van der Waals surface area (Å²) in [6, 6.07) is 25.0. The monoisotopic (exact) mass is 427 g/mol. The van der Waals surface area contributed by atoms with Gasteiger partial charge in [-0.1, -0.05) is 43.3 Å². The number of carbonyl (C=O) groups is 1. The summed E-state index contributed by atoms with van der Waals surface area (Å²) in [5, 5.41) is 6.68. The Kier molecular flexibility index (Phi) is 6.46. The number of aromatic nitrogens is 2. The van der Waals surface area contributed by atoms with Gasteiger partial charge in [0.15, 0.2) is 0 Å². The van der Waals surface area contributed by atoms with E-state index in [4.69, 9.17) is 14.7 Å². The van der Waals surface area contributed by atoms with Crippen LogP contribution in [-0.2, 0) is 11.3 Å². The molecular formula is C25H25N5O2. The molecule has 0 aliphatic carbocycles. The van der Waals surface area contributed by atoms with Gasteiger partial charge in [-0.2, -0.15) is 4.99 Å². The summed E-state index contributed by atoms with van der Waals surface area (Å²) < 4.78 is 6.90. The van der Waals surface area contributed by atoms with Crippen LogP contribution in [0, 0.1) is 0 Å². The van der Waals surface area contributed by atoms with Gasteiger partial charge in [0.2, 0.25) is 11.9 Å². The molecule has 0 fully saturated rings. The predicted molar refractivity (Wildman–Crippen MR) is 129 cm³/mol. The van der Waals surface area contributed by atoms with E-state index in [0.29, 0.717) is 23.0 Å². The lowest BCUT2D eigenvalue weighted by atomic mass is 10.2. The first-order chi connectivity index (χ1) is 15.7. The van der Waals surface area contributed by atoms with E-state index in [1.54, 1.807) is 12.1 Å². The number of ether oxygens (including phenoxy) is 1. The highest BCUT2D eigenvalue weighted by Gasteiger charge is 2.14. The molecule has 32 heavy (non-hydrogen) atoms. The van der Waals surface area contributed by atoms with Crippen molar-refractivity contribution in [2.75, 3.05) is 17.7 Å². The summed E-state index contributed by atoms with van der Waals surface area (Å²) in [4.78, 5) is 21.5. The van der Waals surface area contributed by atoms with E-state index in [1.165, 1.54) is 7.11 Å². The number of benzene rings is 3. The number of carbonyl (C=O) groups excluding carboxylic acids is 1. The van der Waals surface area contributed by atoms with Crippen molar-refractivity contribution in [3.63, 3.8) is 0 Å². The average Bonchev–Trinajstić information content (AvgIpc) is 3.16. The Morgan fingerprint density at radius 1 is 0.969 bits per heavy atom. The minimum Gasteiger partial charge on any atom is -0.465 e. The summed E-state index contributed by atoms with van der Waals surface area (Å²) in [6.07, 6.45) is 0.917. The lowest BCUT2D eigenvalue weighted by Crippen LogP contribution is -2.22. The maximum atomic E-state index is 12.0. The van der Waals surface area contributed by atoms with Crippen molar-refractivity contribution < 1.29 is 9.53 Å². The van der Waals surface area contributed by atoms with Crippen LogP contribution in [0.2, 0.25) is 0 Å². The third-order valence-corrected chi connectivity index (χ3v) is 4.88. The number of imidazole rings is 1. The lowest BCUT2D eigenvalue weighted by Gasteiger charge is -2.13. The van der Waals surface area contributed by atoms with Crippen LogP contribution >= 0.6 is 0 Å². The van der Waals surface area contributed by atoms with Crippen molar-refractivity contribution in [3.05, 3.63) is 84.4 Å². The van der Waals surface area contributed by atoms with Crippen LogP contribution in [0.1, 0.15) is 23.7 Å². The van der Waals surface area contributed by atoms with Crippen LogP contribution in [0.25, 0.3) is 11.0 Å². The molecule has 162 valence electrons. The van der Waals surface area contributed by atoms with Crippen molar-refractivity contribution >= 4 is 40.3 Å². The Hall–Kier alpha value is -4.13. The molecule has 4 aromatic rings. The minimum absolute atomic E-state index is 0.390. The van der Waals surface area contributed by atoms with Crippen LogP contribution in [0.4, 0.5) is 17.3 Å². The van der Waals surface area contributed by atoms with E-state index < -0.39 is 0 Å². The van der Waals surface area contributed by atoms with E-state index in [0.717, 1.165) is 29.9 Å². The number of rotatable bonds is 6. The van der Waals surface area contributed by atoms with Crippen molar-refractivity contribution in [2.45, 2.75) is 19.9 Å². The number of aryl methyl sites for hydroxylation is 1. The van der Waals surface area contributed by atoms with Crippen LogP contribution in [0.3, 0.4) is 0 Å². The van der Waals surface area contributed by atoms with Gasteiger partial charge in [0, 0.05) is 17.9 Å². The zero-order valence-electron chi connectivity index (χ0n) is 18.1. The van der Waals surface area contributed by atoms with Crippen molar-refractivity contribution in [1.82, 2.24) is 9.55 Å². The second-order valence-electron chi connectivity index (χ2n) is 7.20. The lowest BCUT2D eigenvalue weighted by molar-refractivity contribution is 0.0601. The van der Waals surface area contributed by atoms with Crippen molar-refractivity contribution in [1.29, 1.82) is 0 Å². The fourth-order valence-electron chi connectivity index (χ4n) is 3.39. The number of hydrogen-bond acceptors (Lipinski definition) is 4. The molecule has 7 heteroatoms. The second kappa shape index (κ2) is 9.78. The number of guanidine groups is 1. The zero-order chi connectivity index (χ0) is 22.3. The normalized spacial score (nSPS) is 10.6. The molecule has 0 atom stereocenters. The molecule has 4 rings (SSSR count). The number of esters is 1. The Bertz CT molecular complexity index is 1190. The van der Waals surface area contributed by atoms with Crippen molar-refractivity contribution in [3.8, 4) is 0 Å².